The van der Waals surface area contributed by atoms with Crippen molar-refractivity contribution in [3.8, 4) is 0 Å². The fraction of sp³-hybridized carbons (Fsp3) is 0.100. The third-order valence-electron chi connectivity index (χ3n) is 2.29. The van der Waals surface area contributed by atoms with Gasteiger partial charge >= 0.3 is 0 Å². The number of hydrogen-bond acceptors (Lipinski definition) is 5. The Kier molecular flexibility index (Phi) is 2.87. The van der Waals surface area contributed by atoms with Gasteiger partial charge in [0.25, 0.3) is 15.7 Å². The predicted octanol–water partition coefficient (Wildman–Crippen LogP) is 1.34. The van der Waals surface area contributed by atoms with E-state index in [9.17, 15) is 18.5 Å². The Hall–Kier alpha value is -2.22. The second-order valence-corrected chi connectivity index (χ2v) is 5.45. The van der Waals surface area contributed by atoms with E-state index in [-0.39, 0.29) is 10.6 Å². The summed E-state index contributed by atoms with van der Waals surface area (Å²) < 4.78 is 25.2. The molecule has 0 radical (unpaired) electrons. The SMILES string of the molecule is Cc1cn(S(=O)(=O)c2cccc([N+](=O)[O-])c2)cn1. The minimum atomic E-state index is -3.82. The lowest BCUT2D eigenvalue weighted by Gasteiger charge is -2.04. The van der Waals surface area contributed by atoms with Gasteiger partial charge in [0.05, 0.1) is 15.5 Å². The highest BCUT2D eigenvalue weighted by Crippen LogP contribution is 2.19. The van der Waals surface area contributed by atoms with E-state index in [1.165, 1.54) is 24.4 Å². The first-order valence-electron chi connectivity index (χ1n) is 4.92. The molecule has 1 aromatic heterocycles. The number of aryl methyl sites for hydroxylation is 1. The van der Waals surface area contributed by atoms with E-state index < -0.39 is 14.9 Å². The monoisotopic (exact) mass is 267 g/mol. The van der Waals surface area contributed by atoms with Crippen LogP contribution in [0.2, 0.25) is 0 Å². The lowest BCUT2D eigenvalue weighted by atomic mass is 10.3. The number of imidazole rings is 1. The normalized spacial score (nSPS) is 11.4. The van der Waals surface area contributed by atoms with Crippen LogP contribution < -0.4 is 0 Å². The van der Waals surface area contributed by atoms with Crippen molar-refractivity contribution in [3.63, 3.8) is 0 Å². The van der Waals surface area contributed by atoms with Crippen LogP contribution in [0.3, 0.4) is 0 Å². The van der Waals surface area contributed by atoms with E-state index in [1.54, 1.807) is 6.92 Å². The Bertz CT molecular complexity index is 705. The summed E-state index contributed by atoms with van der Waals surface area (Å²) >= 11 is 0. The molecule has 0 saturated heterocycles. The van der Waals surface area contributed by atoms with Gasteiger partial charge in [0, 0.05) is 18.3 Å². The van der Waals surface area contributed by atoms with E-state index >= 15 is 0 Å². The van der Waals surface area contributed by atoms with Crippen LogP contribution in [0.5, 0.6) is 0 Å². The standard InChI is InChI=1S/C10H9N3O4S/c1-8-6-12(7-11-8)18(16,17)10-4-2-3-9(5-10)13(14)15/h2-7H,1H3. The molecule has 18 heavy (non-hydrogen) atoms. The molecule has 0 bridgehead atoms. The van der Waals surface area contributed by atoms with Crippen LogP contribution >= 0.6 is 0 Å². The van der Waals surface area contributed by atoms with Crippen molar-refractivity contribution in [2.24, 2.45) is 0 Å². The smallest absolute Gasteiger partial charge is 0.258 e. The maximum absolute atomic E-state index is 12.1. The third-order valence-corrected chi connectivity index (χ3v) is 3.90. The fourth-order valence-corrected chi connectivity index (χ4v) is 2.64. The topological polar surface area (TPSA) is 95.1 Å². The average Bonchev–Trinajstić information content (AvgIpc) is 2.77. The van der Waals surface area contributed by atoms with Gasteiger partial charge in [0.15, 0.2) is 0 Å². The van der Waals surface area contributed by atoms with Gasteiger partial charge in [-0.3, -0.25) is 10.1 Å². The first-order chi connectivity index (χ1) is 8.41. The van der Waals surface area contributed by atoms with Crippen molar-refractivity contribution in [1.82, 2.24) is 8.96 Å². The Morgan fingerprint density at radius 2 is 2.11 bits per heavy atom. The predicted molar refractivity (Wildman–Crippen MR) is 62.6 cm³/mol. The maximum Gasteiger partial charge on any atom is 0.270 e. The second-order valence-electron chi connectivity index (χ2n) is 3.60. The zero-order valence-electron chi connectivity index (χ0n) is 9.35. The third kappa shape index (κ3) is 2.09. The van der Waals surface area contributed by atoms with Gasteiger partial charge in [-0.05, 0) is 13.0 Å². The minimum Gasteiger partial charge on any atom is -0.258 e. The molecule has 0 unspecified atom stereocenters. The van der Waals surface area contributed by atoms with E-state index in [1.807, 2.05) is 0 Å². The van der Waals surface area contributed by atoms with Gasteiger partial charge in [0.1, 0.15) is 6.33 Å². The van der Waals surface area contributed by atoms with Crippen molar-refractivity contribution >= 4 is 15.7 Å². The molecule has 1 aromatic carbocycles. The first kappa shape index (κ1) is 12.2. The molecule has 0 N–H and O–H groups in total. The van der Waals surface area contributed by atoms with E-state index in [0.717, 1.165) is 16.4 Å². The van der Waals surface area contributed by atoms with Crippen LogP contribution in [0.1, 0.15) is 5.69 Å². The molecule has 7 nitrogen and oxygen atoms in total. The molecule has 2 rings (SSSR count). The molecule has 1 heterocycles. The molecule has 0 fully saturated rings. The summed E-state index contributed by atoms with van der Waals surface area (Å²) in [6.45, 7) is 1.65. The number of nitrogens with zero attached hydrogens (tertiary/aromatic N) is 3. The molecule has 0 amide bonds. The van der Waals surface area contributed by atoms with Crippen LogP contribution in [0.4, 0.5) is 5.69 Å². The second kappa shape index (κ2) is 4.22. The largest absolute Gasteiger partial charge is 0.270 e. The van der Waals surface area contributed by atoms with Crippen LogP contribution in [0.25, 0.3) is 0 Å². The Labute approximate surface area is 103 Å². The van der Waals surface area contributed by atoms with Crippen molar-refractivity contribution < 1.29 is 13.3 Å². The van der Waals surface area contributed by atoms with Gasteiger partial charge in [-0.1, -0.05) is 6.07 Å². The maximum atomic E-state index is 12.1. The van der Waals surface area contributed by atoms with Gasteiger partial charge in [-0.25, -0.2) is 17.4 Å². The zero-order valence-corrected chi connectivity index (χ0v) is 10.2. The molecule has 8 heteroatoms. The molecule has 94 valence electrons. The van der Waals surface area contributed by atoms with Gasteiger partial charge in [-0.15, -0.1) is 0 Å². The zero-order chi connectivity index (χ0) is 13.3. The fourth-order valence-electron chi connectivity index (χ4n) is 1.41. The Morgan fingerprint density at radius 3 is 2.67 bits per heavy atom. The molecule has 0 aliphatic carbocycles. The average molecular weight is 267 g/mol. The van der Waals surface area contributed by atoms with Crippen LogP contribution in [0, 0.1) is 17.0 Å². The number of aromatic nitrogens is 2. The summed E-state index contributed by atoms with van der Waals surface area (Å²) in [6.07, 6.45) is 2.50. The van der Waals surface area contributed by atoms with Crippen LogP contribution in [-0.4, -0.2) is 22.3 Å². The molecular weight excluding hydrogens is 258 g/mol. The number of rotatable bonds is 3. The summed E-state index contributed by atoms with van der Waals surface area (Å²) in [7, 11) is -3.82. The van der Waals surface area contributed by atoms with Gasteiger partial charge in [-0.2, -0.15) is 0 Å². The highest BCUT2D eigenvalue weighted by Gasteiger charge is 2.19. The summed E-state index contributed by atoms with van der Waals surface area (Å²) in [5.41, 5.74) is 0.275. The summed E-state index contributed by atoms with van der Waals surface area (Å²) in [6, 6.07) is 4.88. The van der Waals surface area contributed by atoms with E-state index in [2.05, 4.69) is 4.98 Å². The molecular formula is C10H9N3O4S. The first-order valence-corrected chi connectivity index (χ1v) is 6.36. The number of non-ortho nitro benzene ring substituents is 1. The molecule has 0 aliphatic rings. The Morgan fingerprint density at radius 1 is 1.39 bits per heavy atom. The molecule has 0 aliphatic heterocycles. The minimum absolute atomic E-state index is 0.144. The summed E-state index contributed by atoms with van der Waals surface area (Å²) in [4.78, 5) is 13.6. The van der Waals surface area contributed by atoms with Crippen molar-refractivity contribution in [3.05, 3.63) is 52.6 Å². The number of nitro benzene ring substituents is 1. The highest BCUT2D eigenvalue weighted by atomic mass is 32.2. The molecule has 0 atom stereocenters. The van der Waals surface area contributed by atoms with Gasteiger partial charge < -0.3 is 0 Å². The Balaban J connectivity index is 2.54. The molecule has 0 saturated carbocycles. The number of benzene rings is 1. The van der Waals surface area contributed by atoms with E-state index in [4.69, 9.17) is 0 Å². The lowest BCUT2D eigenvalue weighted by Crippen LogP contribution is -2.11. The molecule has 0 spiro atoms. The van der Waals surface area contributed by atoms with E-state index in [0.29, 0.717) is 5.69 Å². The van der Waals surface area contributed by atoms with Crippen molar-refractivity contribution in [2.75, 3.05) is 0 Å². The van der Waals surface area contributed by atoms with Crippen molar-refractivity contribution in [1.29, 1.82) is 0 Å². The number of hydrogen-bond donors (Lipinski definition) is 0. The summed E-state index contributed by atoms with van der Waals surface area (Å²) in [5.74, 6) is 0. The lowest BCUT2D eigenvalue weighted by molar-refractivity contribution is -0.385. The number of nitro groups is 1. The molecule has 2 aromatic rings. The van der Waals surface area contributed by atoms with Crippen molar-refractivity contribution in [2.45, 2.75) is 11.8 Å². The van der Waals surface area contributed by atoms with Gasteiger partial charge in [0.2, 0.25) is 0 Å². The highest BCUT2D eigenvalue weighted by molar-refractivity contribution is 7.90. The summed E-state index contributed by atoms with van der Waals surface area (Å²) in [5, 5.41) is 10.6. The quantitative estimate of drug-likeness (QED) is 0.617. The van der Waals surface area contributed by atoms with Crippen LogP contribution in [-0.2, 0) is 10.0 Å². The van der Waals surface area contributed by atoms with Crippen LogP contribution in [0.15, 0.2) is 41.7 Å².